The minimum atomic E-state index is 0.481. The molecule has 1 fully saturated rings. The van der Waals surface area contributed by atoms with Gasteiger partial charge in [0.25, 0.3) is 0 Å². The minimum absolute atomic E-state index is 0.481. The third-order valence-electron chi connectivity index (χ3n) is 4.00. The number of nitrogens with zero attached hydrogens (tertiary/aromatic N) is 1. The van der Waals surface area contributed by atoms with E-state index in [1.165, 1.54) is 31.4 Å². The number of ether oxygens (including phenoxy) is 1. The molecule has 1 unspecified atom stereocenters. The van der Waals surface area contributed by atoms with E-state index < -0.39 is 0 Å². The van der Waals surface area contributed by atoms with Crippen molar-refractivity contribution >= 4 is 0 Å². The number of hydrogen-bond donors (Lipinski definition) is 1. The molecular weight excluding hydrogens is 252 g/mol. The fourth-order valence-corrected chi connectivity index (χ4v) is 2.61. The number of piperidine rings is 1. The van der Waals surface area contributed by atoms with Gasteiger partial charge >= 0.3 is 0 Å². The van der Waals surface area contributed by atoms with Crippen LogP contribution in [0.5, 0.6) is 0 Å². The summed E-state index contributed by atoms with van der Waals surface area (Å²) in [4.78, 5) is 2.41. The fourth-order valence-electron chi connectivity index (χ4n) is 2.61. The summed E-state index contributed by atoms with van der Waals surface area (Å²) < 4.78 is 11.4. The molecule has 1 aliphatic heterocycles. The molecule has 0 radical (unpaired) electrons. The zero-order valence-electron chi connectivity index (χ0n) is 13.0. The first-order valence-corrected chi connectivity index (χ1v) is 7.73. The first-order valence-electron chi connectivity index (χ1n) is 7.73. The molecule has 0 spiro atoms. The zero-order valence-corrected chi connectivity index (χ0v) is 13.0. The lowest BCUT2D eigenvalue weighted by molar-refractivity contribution is 0.0370. The maximum Gasteiger partial charge on any atom is 0.133 e. The highest BCUT2D eigenvalue weighted by molar-refractivity contribution is 5.16. The van der Waals surface area contributed by atoms with Crippen LogP contribution in [0.15, 0.2) is 16.7 Å². The van der Waals surface area contributed by atoms with Gasteiger partial charge in [0.15, 0.2) is 0 Å². The van der Waals surface area contributed by atoms with Gasteiger partial charge in [-0.25, -0.2) is 0 Å². The van der Waals surface area contributed by atoms with E-state index in [4.69, 9.17) is 9.15 Å². The van der Waals surface area contributed by atoms with Gasteiger partial charge in [-0.2, -0.15) is 0 Å². The monoisotopic (exact) mass is 280 g/mol. The van der Waals surface area contributed by atoms with Crippen molar-refractivity contribution in [3.63, 3.8) is 0 Å². The zero-order chi connectivity index (χ0) is 14.4. The highest BCUT2D eigenvalue weighted by Crippen LogP contribution is 2.17. The number of likely N-dealkylation sites (N-methyl/N-ethyl adjacent to an activating group) is 1. The van der Waals surface area contributed by atoms with E-state index in [9.17, 15) is 0 Å². The molecule has 1 aliphatic rings. The Balaban J connectivity index is 1.75. The Morgan fingerprint density at radius 1 is 1.45 bits per heavy atom. The van der Waals surface area contributed by atoms with Crippen molar-refractivity contribution in [3.05, 3.63) is 23.7 Å². The Morgan fingerprint density at radius 2 is 2.30 bits per heavy atom. The maximum absolute atomic E-state index is 5.87. The molecule has 1 N–H and O–H groups in total. The van der Waals surface area contributed by atoms with Crippen molar-refractivity contribution in [1.29, 1.82) is 0 Å². The Morgan fingerprint density at radius 3 is 3.05 bits per heavy atom. The van der Waals surface area contributed by atoms with Crippen molar-refractivity contribution < 1.29 is 9.15 Å². The normalized spacial score (nSPS) is 20.7. The van der Waals surface area contributed by atoms with E-state index in [1.807, 2.05) is 6.07 Å². The predicted octanol–water partition coefficient (Wildman–Crippen LogP) is 2.78. The van der Waals surface area contributed by atoms with Crippen LogP contribution in [0.4, 0.5) is 0 Å². The minimum Gasteiger partial charge on any atom is -0.467 e. The number of rotatable bonds is 7. The molecule has 2 heterocycles. The summed E-state index contributed by atoms with van der Waals surface area (Å²) in [6.45, 7) is 7.71. The second-order valence-electron chi connectivity index (χ2n) is 6.05. The van der Waals surface area contributed by atoms with Crippen LogP contribution in [0.25, 0.3) is 0 Å². The van der Waals surface area contributed by atoms with Gasteiger partial charge < -0.3 is 19.4 Å². The number of nitrogens with one attached hydrogen (secondary N) is 1. The van der Waals surface area contributed by atoms with Crippen LogP contribution in [0.3, 0.4) is 0 Å². The molecule has 114 valence electrons. The summed E-state index contributed by atoms with van der Waals surface area (Å²) >= 11 is 0. The summed E-state index contributed by atoms with van der Waals surface area (Å²) in [6, 6.07) is 3.08. The van der Waals surface area contributed by atoms with Crippen LogP contribution in [-0.2, 0) is 17.9 Å². The van der Waals surface area contributed by atoms with E-state index in [0.717, 1.165) is 18.9 Å². The quantitative estimate of drug-likeness (QED) is 0.833. The molecule has 1 saturated heterocycles. The molecular formula is C16H28N2O2. The summed E-state index contributed by atoms with van der Waals surface area (Å²) in [7, 11) is 2.19. The van der Waals surface area contributed by atoms with Crippen LogP contribution in [0.2, 0.25) is 0 Å². The van der Waals surface area contributed by atoms with Crippen molar-refractivity contribution in [3.8, 4) is 0 Å². The second-order valence-corrected chi connectivity index (χ2v) is 6.05. The van der Waals surface area contributed by atoms with Gasteiger partial charge in [-0.05, 0) is 32.5 Å². The molecule has 0 bridgehead atoms. The van der Waals surface area contributed by atoms with Crippen molar-refractivity contribution in [2.75, 3.05) is 20.2 Å². The molecule has 1 aromatic heterocycles. The van der Waals surface area contributed by atoms with Crippen LogP contribution in [0, 0.1) is 0 Å². The number of hydrogen-bond acceptors (Lipinski definition) is 4. The van der Waals surface area contributed by atoms with E-state index >= 15 is 0 Å². The summed E-state index contributed by atoms with van der Waals surface area (Å²) in [5, 5.41) is 3.41. The molecule has 1 atom stereocenters. The highest BCUT2D eigenvalue weighted by Gasteiger charge is 2.19. The second kappa shape index (κ2) is 7.81. The molecule has 4 heteroatoms. The molecule has 20 heavy (non-hydrogen) atoms. The smallest absolute Gasteiger partial charge is 0.133 e. The standard InChI is InChI=1S/C16H28N2O2/c1-13(2)17-10-14-7-9-20-16(14)12-19-11-15-6-4-5-8-18(15)3/h7,9,13,15,17H,4-6,8,10-12H2,1-3H3. The largest absolute Gasteiger partial charge is 0.467 e. The molecule has 0 amide bonds. The number of furan rings is 1. The fraction of sp³-hybridized carbons (Fsp3) is 0.750. The van der Waals surface area contributed by atoms with Crippen molar-refractivity contribution in [1.82, 2.24) is 10.2 Å². The van der Waals surface area contributed by atoms with Gasteiger partial charge in [0.05, 0.1) is 12.9 Å². The van der Waals surface area contributed by atoms with Crippen molar-refractivity contribution in [2.45, 2.75) is 58.3 Å². The van der Waals surface area contributed by atoms with E-state index in [2.05, 4.69) is 31.1 Å². The molecule has 2 rings (SSSR count). The lowest BCUT2D eigenvalue weighted by atomic mass is 10.0. The Bertz CT molecular complexity index is 390. The predicted molar refractivity (Wildman–Crippen MR) is 80.6 cm³/mol. The van der Waals surface area contributed by atoms with Gasteiger partial charge in [-0.15, -0.1) is 0 Å². The van der Waals surface area contributed by atoms with Gasteiger partial charge in [-0.1, -0.05) is 20.3 Å². The first kappa shape index (κ1) is 15.5. The Kier molecular flexibility index (Phi) is 6.07. The lowest BCUT2D eigenvalue weighted by Gasteiger charge is -2.32. The van der Waals surface area contributed by atoms with Crippen LogP contribution in [-0.4, -0.2) is 37.2 Å². The molecule has 0 aromatic carbocycles. The third-order valence-corrected chi connectivity index (χ3v) is 4.00. The van der Waals surface area contributed by atoms with E-state index in [1.54, 1.807) is 6.26 Å². The first-order chi connectivity index (χ1) is 9.66. The summed E-state index contributed by atoms with van der Waals surface area (Å²) in [5.74, 6) is 0.955. The van der Waals surface area contributed by atoms with Gasteiger partial charge in [-0.3, -0.25) is 0 Å². The summed E-state index contributed by atoms with van der Waals surface area (Å²) in [5.41, 5.74) is 1.20. The lowest BCUT2D eigenvalue weighted by Crippen LogP contribution is -2.39. The SMILES string of the molecule is CC(C)NCc1ccoc1COCC1CCCCN1C. The Labute approximate surface area is 122 Å². The third kappa shape index (κ3) is 4.62. The van der Waals surface area contributed by atoms with Gasteiger partial charge in [0.2, 0.25) is 0 Å². The van der Waals surface area contributed by atoms with Crippen LogP contribution in [0.1, 0.15) is 44.4 Å². The summed E-state index contributed by atoms with van der Waals surface area (Å²) in [6.07, 6.45) is 5.64. The average molecular weight is 280 g/mol. The van der Waals surface area contributed by atoms with Crippen LogP contribution >= 0.6 is 0 Å². The molecule has 4 nitrogen and oxygen atoms in total. The van der Waals surface area contributed by atoms with Crippen molar-refractivity contribution in [2.24, 2.45) is 0 Å². The molecule has 0 aliphatic carbocycles. The average Bonchev–Trinajstić information content (AvgIpc) is 2.86. The molecule has 0 saturated carbocycles. The molecule has 1 aromatic rings. The van der Waals surface area contributed by atoms with Crippen LogP contribution < -0.4 is 5.32 Å². The topological polar surface area (TPSA) is 37.6 Å². The maximum atomic E-state index is 5.87. The van der Waals surface area contributed by atoms with E-state index in [0.29, 0.717) is 18.7 Å². The Hall–Kier alpha value is -0.840. The van der Waals surface area contributed by atoms with E-state index in [-0.39, 0.29) is 0 Å². The van der Waals surface area contributed by atoms with Gasteiger partial charge in [0, 0.05) is 24.2 Å². The number of likely N-dealkylation sites (tertiary alicyclic amines) is 1. The highest BCUT2D eigenvalue weighted by atomic mass is 16.5. The van der Waals surface area contributed by atoms with Gasteiger partial charge in [0.1, 0.15) is 12.4 Å².